The molecule has 0 N–H and O–H groups in total. The largest absolute Gasteiger partial charge is 0.0885 e. The van der Waals surface area contributed by atoms with E-state index in [1.165, 1.54) is 51.4 Å². The van der Waals surface area contributed by atoms with Gasteiger partial charge in [-0.3, -0.25) is 0 Å². The Balaban J connectivity index is 2.90. The minimum Gasteiger partial charge on any atom is -0.0885 e. The number of rotatable bonds is 8. The highest BCUT2D eigenvalue weighted by Crippen LogP contribution is 2.05. The van der Waals surface area contributed by atoms with E-state index in [4.69, 9.17) is 0 Å². The molecular formula is C12H24. The van der Waals surface area contributed by atoms with Crippen LogP contribution >= 0.6 is 0 Å². The van der Waals surface area contributed by atoms with E-state index in [9.17, 15) is 0 Å². The van der Waals surface area contributed by atoms with Crippen LogP contribution in [0, 0.1) is 0 Å². The van der Waals surface area contributed by atoms with E-state index in [1.54, 1.807) is 0 Å². The van der Waals surface area contributed by atoms with Gasteiger partial charge in [0.1, 0.15) is 0 Å². The zero-order valence-electron chi connectivity index (χ0n) is 8.81. The first-order valence-electron chi connectivity index (χ1n) is 5.56. The fourth-order valence-electron chi connectivity index (χ4n) is 1.27. The van der Waals surface area contributed by atoms with Crippen LogP contribution in [0.1, 0.15) is 65.2 Å². The average Bonchev–Trinajstić information content (AvgIpc) is 2.10. The fraction of sp³-hybridized carbons (Fsp3) is 0.833. The van der Waals surface area contributed by atoms with Gasteiger partial charge in [-0.05, 0) is 19.3 Å². The lowest BCUT2D eigenvalue weighted by atomic mass is 10.1. The van der Waals surface area contributed by atoms with Crippen LogP contribution in [0.2, 0.25) is 0 Å². The van der Waals surface area contributed by atoms with Crippen molar-refractivity contribution < 1.29 is 0 Å². The molecule has 0 amide bonds. The van der Waals surface area contributed by atoms with Crippen molar-refractivity contribution in [1.82, 2.24) is 0 Å². The summed E-state index contributed by atoms with van der Waals surface area (Å²) in [6, 6.07) is 0. The number of allylic oxidation sites excluding steroid dienone is 2. The first-order valence-corrected chi connectivity index (χ1v) is 5.56. The first kappa shape index (κ1) is 11.7. The number of hydrogen-bond donors (Lipinski definition) is 0. The highest BCUT2D eigenvalue weighted by molar-refractivity contribution is 4.80. The molecule has 12 heavy (non-hydrogen) atoms. The zero-order valence-corrected chi connectivity index (χ0v) is 8.81. The molecule has 0 rings (SSSR count). The van der Waals surface area contributed by atoms with E-state index < -0.39 is 0 Å². The van der Waals surface area contributed by atoms with Crippen LogP contribution in [-0.2, 0) is 0 Å². The second-order valence-corrected chi connectivity index (χ2v) is 3.46. The molecule has 0 aliphatic carbocycles. The molecule has 0 atom stereocenters. The first-order chi connectivity index (χ1) is 5.91. The van der Waals surface area contributed by atoms with Crippen LogP contribution in [0.15, 0.2) is 12.2 Å². The van der Waals surface area contributed by atoms with Crippen LogP contribution in [0.3, 0.4) is 0 Å². The van der Waals surface area contributed by atoms with Crippen molar-refractivity contribution in [3.8, 4) is 0 Å². The molecule has 0 bridgehead atoms. The molecule has 0 radical (unpaired) electrons. The van der Waals surface area contributed by atoms with E-state index in [2.05, 4.69) is 26.0 Å². The number of unbranched alkanes of at least 4 members (excludes halogenated alkanes) is 6. The zero-order chi connectivity index (χ0) is 9.07. The van der Waals surface area contributed by atoms with Crippen LogP contribution < -0.4 is 0 Å². The van der Waals surface area contributed by atoms with Gasteiger partial charge in [-0.25, -0.2) is 0 Å². The van der Waals surface area contributed by atoms with Crippen molar-refractivity contribution >= 4 is 0 Å². The maximum Gasteiger partial charge on any atom is -0.0351 e. The Morgan fingerprint density at radius 2 is 1.33 bits per heavy atom. The predicted molar refractivity (Wildman–Crippen MR) is 57.4 cm³/mol. The Labute approximate surface area is 78.1 Å². The standard InChI is InChI=1S/C12H24/c1-3-5-7-9-11-12-10-8-6-4-2/h7,9H,3-6,8,10-12H2,1-2H3/b9-7+. The third-order valence-electron chi connectivity index (χ3n) is 2.10. The smallest absolute Gasteiger partial charge is 0.0351 e. The molecule has 0 saturated heterocycles. The summed E-state index contributed by atoms with van der Waals surface area (Å²) in [7, 11) is 0. The lowest BCUT2D eigenvalue weighted by Crippen LogP contribution is -1.75. The van der Waals surface area contributed by atoms with Gasteiger partial charge in [0.15, 0.2) is 0 Å². The summed E-state index contributed by atoms with van der Waals surface area (Å²) in [5.74, 6) is 0. The van der Waals surface area contributed by atoms with E-state index in [-0.39, 0.29) is 0 Å². The molecule has 0 unspecified atom stereocenters. The molecule has 0 aromatic heterocycles. The van der Waals surface area contributed by atoms with Crippen molar-refractivity contribution in [3.05, 3.63) is 12.2 Å². The predicted octanol–water partition coefficient (Wildman–Crippen LogP) is 4.70. The quantitative estimate of drug-likeness (QED) is 0.364. The molecule has 72 valence electrons. The maximum atomic E-state index is 2.34. The lowest BCUT2D eigenvalue weighted by molar-refractivity contribution is 0.637. The Bertz CT molecular complexity index is 92.2. The van der Waals surface area contributed by atoms with Crippen molar-refractivity contribution in [1.29, 1.82) is 0 Å². The van der Waals surface area contributed by atoms with E-state index in [1.807, 2.05) is 0 Å². The summed E-state index contributed by atoms with van der Waals surface area (Å²) >= 11 is 0. The van der Waals surface area contributed by atoms with Crippen molar-refractivity contribution in [3.63, 3.8) is 0 Å². The normalized spacial score (nSPS) is 11.2. The molecule has 0 nitrogen and oxygen atoms in total. The third-order valence-corrected chi connectivity index (χ3v) is 2.10. The molecule has 0 heterocycles. The summed E-state index contributed by atoms with van der Waals surface area (Å²) in [6.07, 6.45) is 15.5. The van der Waals surface area contributed by atoms with Gasteiger partial charge in [-0.15, -0.1) is 0 Å². The minimum absolute atomic E-state index is 1.26. The van der Waals surface area contributed by atoms with Gasteiger partial charge in [0, 0.05) is 0 Å². The summed E-state index contributed by atoms with van der Waals surface area (Å²) in [5.41, 5.74) is 0. The summed E-state index contributed by atoms with van der Waals surface area (Å²) < 4.78 is 0. The molecule has 0 aromatic rings. The third kappa shape index (κ3) is 9.74. The van der Waals surface area contributed by atoms with E-state index in [0.717, 1.165) is 0 Å². The minimum atomic E-state index is 1.26. The van der Waals surface area contributed by atoms with Gasteiger partial charge < -0.3 is 0 Å². The van der Waals surface area contributed by atoms with E-state index >= 15 is 0 Å². The second-order valence-electron chi connectivity index (χ2n) is 3.46. The average molecular weight is 168 g/mol. The van der Waals surface area contributed by atoms with E-state index in [0.29, 0.717) is 0 Å². The Kier molecular flexibility index (Phi) is 10.5. The maximum absolute atomic E-state index is 2.34. The van der Waals surface area contributed by atoms with Gasteiger partial charge in [-0.1, -0.05) is 58.1 Å². The lowest BCUT2D eigenvalue weighted by Gasteiger charge is -1.95. The molecule has 0 aromatic carbocycles. The van der Waals surface area contributed by atoms with Crippen molar-refractivity contribution in [2.24, 2.45) is 0 Å². The molecule has 0 aliphatic rings. The Hall–Kier alpha value is -0.260. The van der Waals surface area contributed by atoms with Crippen LogP contribution in [-0.4, -0.2) is 0 Å². The van der Waals surface area contributed by atoms with Crippen LogP contribution in [0.4, 0.5) is 0 Å². The van der Waals surface area contributed by atoms with Gasteiger partial charge in [0.25, 0.3) is 0 Å². The van der Waals surface area contributed by atoms with Gasteiger partial charge in [-0.2, -0.15) is 0 Å². The van der Waals surface area contributed by atoms with Crippen LogP contribution in [0.25, 0.3) is 0 Å². The highest BCUT2D eigenvalue weighted by atomic mass is 13.9. The SMILES string of the molecule is CCC/C=C/CCCCCCC. The molecule has 0 fully saturated rings. The molecule has 0 heteroatoms. The fourth-order valence-corrected chi connectivity index (χ4v) is 1.27. The molecular weight excluding hydrogens is 144 g/mol. The van der Waals surface area contributed by atoms with Gasteiger partial charge in [0.2, 0.25) is 0 Å². The summed E-state index contributed by atoms with van der Waals surface area (Å²) in [6.45, 7) is 4.49. The number of hydrogen-bond acceptors (Lipinski definition) is 0. The summed E-state index contributed by atoms with van der Waals surface area (Å²) in [5, 5.41) is 0. The Morgan fingerprint density at radius 3 is 2.00 bits per heavy atom. The van der Waals surface area contributed by atoms with Gasteiger partial charge in [0.05, 0.1) is 0 Å². The van der Waals surface area contributed by atoms with Gasteiger partial charge >= 0.3 is 0 Å². The molecule has 0 aliphatic heterocycles. The van der Waals surface area contributed by atoms with Crippen molar-refractivity contribution in [2.45, 2.75) is 65.2 Å². The topological polar surface area (TPSA) is 0 Å². The monoisotopic (exact) mass is 168 g/mol. The summed E-state index contributed by atoms with van der Waals surface area (Å²) in [4.78, 5) is 0. The highest BCUT2D eigenvalue weighted by Gasteiger charge is 1.85. The van der Waals surface area contributed by atoms with Crippen LogP contribution in [0.5, 0.6) is 0 Å². The molecule has 0 saturated carbocycles. The second kappa shape index (κ2) is 10.7. The van der Waals surface area contributed by atoms with Crippen molar-refractivity contribution in [2.75, 3.05) is 0 Å². The Morgan fingerprint density at radius 1 is 0.667 bits per heavy atom. The molecule has 0 spiro atoms.